The number of carbonyl (C=O) groups excluding carboxylic acids is 1. The summed E-state index contributed by atoms with van der Waals surface area (Å²) in [5.41, 5.74) is 0.673. The summed E-state index contributed by atoms with van der Waals surface area (Å²) in [5.74, 6) is 0.757. The maximum absolute atomic E-state index is 10.9. The molecule has 5 nitrogen and oxygen atoms in total. The maximum Gasteiger partial charge on any atom is 0.221 e. The van der Waals surface area contributed by atoms with Crippen LogP contribution in [0, 0.1) is 0 Å². The Labute approximate surface area is 150 Å². The van der Waals surface area contributed by atoms with Crippen LogP contribution >= 0.6 is 23.2 Å². The number of ether oxygens (including phenoxy) is 2. The molecule has 0 aliphatic carbocycles. The van der Waals surface area contributed by atoms with Gasteiger partial charge >= 0.3 is 0 Å². The molecule has 1 unspecified atom stereocenters. The summed E-state index contributed by atoms with van der Waals surface area (Å²) in [6.45, 7) is 1.47. The molecule has 1 amide bonds. The molecule has 0 aliphatic rings. The number of amides is 1. The minimum atomic E-state index is -0.854. The van der Waals surface area contributed by atoms with Crippen molar-refractivity contribution in [3.8, 4) is 11.5 Å². The Morgan fingerprint density at radius 3 is 2.25 bits per heavy atom. The van der Waals surface area contributed by atoms with Crippen molar-refractivity contribution in [2.24, 2.45) is 0 Å². The number of aliphatic hydroxyl groups excluding tert-OH is 1. The molecule has 0 radical (unpaired) electrons. The van der Waals surface area contributed by atoms with E-state index < -0.39 is 6.10 Å². The highest BCUT2D eigenvalue weighted by Crippen LogP contribution is 2.32. The van der Waals surface area contributed by atoms with Gasteiger partial charge < -0.3 is 19.9 Å². The van der Waals surface area contributed by atoms with Crippen molar-refractivity contribution < 1.29 is 19.4 Å². The Balaban J connectivity index is 1.80. The number of hydrogen-bond acceptors (Lipinski definition) is 4. The summed E-state index contributed by atoms with van der Waals surface area (Å²) in [4.78, 5) is 10.9. The Kier molecular flexibility index (Phi) is 6.73. The van der Waals surface area contributed by atoms with E-state index in [9.17, 15) is 9.90 Å². The predicted octanol–water partition coefficient (Wildman–Crippen LogP) is 3.77. The first-order valence-corrected chi connectivity index (χ1v) is 7.96. The van der Waals surface area contributed by atoms with Gasteiger partial charge in [0.25, 0.3) is 0 Å². The zero-order valence-electron chi connectivity index (χ0n) is 13.0. The number of para-hydroxylation sites is 1. The molecule has 0 heterocycles. The fourth-order valence-electron chi connectivity index (χ4n) is 1.88. The number of hydrogen-bond donors (Lipinski definition) is 2. The van der Waals surface area contributed by atoms with E-state index in [-0.39, 0.29) is 19.1 Å². The molecule has 0 aliphatic heterocycles. The van der Waals surface area contributed by atoms with E-state index in [0.717, 1.165) is 0 Å². The summed E-state index contributed by atoms with van der Waals surface area (Å²) in [5, 5.41) is 13.3. The molecule has 128 valence electrons. The van der Waals surface area contributed by atoms with Crippen LogP contribution in [0.4, 0.5) is 5.69 Å². The van der Waals surface area contributed by atoms with Gasteiger partial charge in [-0.1, -0.05) is 29.3 Å². The predicted molar refractivity (Wildman–Crippen MR) is 94.2 cm³/mol. The van der Waals surface area contributed by atoms with E-state index in [1.165, 1.54) is 6.92 Å². The third kappa shape index (κ3) is 5.60. The first-order chi connectivity index (χ1) is 11.5. The molecular weight excluding hydrogens is 353 g/mol. The number of carbonyl (C=O) groups is 1. The lowest BCUT2D eigenvalue weighted by Crippen LogP contribution is -2.25. The first-order valence-electron chi connectivity index (χ1n) is 7.21. The highest BCUT2D eigenvalue weighted by atomic mass is 35.5. The van der Waals surface area contributed by atoms with Gasteiger partial charge in [-0.05, 0) is 36.4 Å². The standard InChI is InChI=1S/C17H17Cl2NO4/c1-11(21)20-12-5-7-14(8-6-12)23-9-13(22)10-24-17-15(18)3-2-4-16(17)19/h2-8,13,22H,9-10H2,1H3,(H,20,21). The van der Waals surface area contributed by atoms with Crippen LogP contribution in [0.1, 0.15) is 6.92 Å². The third-order valence-corrected chi connectivity index (χ3v) is 3.55. The Hall–Kier alpha value is -1.95. The second kappa shape index (κ2) is 8.78. The van der Waals surface area contributed by atoms with Crippen molar-refractivity contribution in [1.29, 1.82) is 0 Å². The van der Waals surface area contributed by atoms with Crippen molar-refractivity contribution in [3.63, 3.8) is 0 Å². The number of benzene rings is 2. The number of rotatable bonds is 7. The highest BCUT2D eigenvalue weighted by molar-refractivity contribution is 6.37. The van der Waals surface area contributed by atoms with Crippen LogP contribution in [-0.4, -0.2) is 30.3 Å². The van der Waals surface area contributed by atoms with E-state index >= 15 is 0 Å². The minimum absolute atomic E-state index is 0.00652. The molecule has 0 saturated heterocycles. The van der Waals surface area contributed by atoms with Gasteiger partial charge in [0, 0.05) is 12.6 Å². The zero-order chi connectivity index (χ0) is 17.5. The highest BCUT2D eigenvalue weighted by Gasteiger charge is 2.11. The molecule has 0 fully saturated rings. The van der Waals surface area contributed by atoms with Crippen molar-refractivity contribution in [2.75, 3.05) is 18.5 Å². The molecule has 1 atom stereocenters. The van der Waals surface area contributed by atoms with Crippen molar-refractivity contribution in [3.05, 3.63) is 52.5 Å². The van der Waals surface area contributed by atoms with E-state index in [1.54, 1.807) is 42.5 Å². The fraction of sp³-hybridized carbons (Fsp3) is 0.235. The summed E-state index contributed by atoms with van der Waals surface area (Å²) in [6.07, 6.45) is -0.854. The Morgan fingerprint density at radius 1 is 1.08 bits per heavy atom. The third-order valence-electron chi connectivity index (χ3n) is 2.96. The maximum atomic E-state index is 10.9. The van der Waals surface area contributed by atoms with E-state index in [0.29, 0.717) is 27.2 Å². The number of nitrogens with one attached hydrogen (secondary N) is 1. The van der Waals surface area contributed by atoms with Gasteiger partial charge in [0.05, 0.1) is 10.0 Å². The monoisotopic (exact) mass is 369 g/mol. The van der Waals surface area contributed by atoms with Crippen LogP contribution in [0.2, 0.25) is 10.0 Å². The van der Waals surface area contributed by atoms with Crippen LogP contribution < -0.4 is 14.8 Å². The second-order valence-corrected chi connectivity index (χ2v) is 5.85. The second-order valence-electron chi connectivity index (χ2n) is 5.03. The number of aliphatic hydroxyl groups is 1. The topological polar surface area (TPSA) is 67.8 Å². The van der Waals surface area contributed by atoms with Crippen molar-refractivity contribution in [2.45, 2.75) is 13.0 Å². The van der Waals surface area contributed by atoms with Crippen LogP contribution in [0.25, 0.3) is 0 Å². The van der Waals surface area contributed by atoms with Crippen molar-refractivity contribution in [1.82, 2.24) is 0 Å². The van der Waals surface area contributed by atoms with Crippen LogP contribution in [0.5, 0.6) is 11.5 Å². The lowest BCUT2D eigenvalue weighted by atomic mass is 10.3. The summed E-state index contributed by atoms with van der Waals surface area (Å²) < 4.78 is 10.9. The van der Waals surface area contributed by atoms with Crippen molar-refractivity contribution >= 4 is 34.8 Å². The molecule has 0 saturated carbocycles. The van der Waals surface area contributed by atoms with Crippen LogP contribution in [0.15, 0.2) is 42.5 Å². The summed E-state index contributed by atoms with van der Waals surface area (Å²) in [7, 11) is 0. The molecule has 2 aromatic rings. The fourth-order valence-corrected chi connectivity index (χ4v) is 2.38. The SMILES string of the molecule is CC(=O)Nc1ccc(OCC(O)COc2c(Cl)cccc2Cl)cc1. The lowest BCUT2D eigenvalue weighted by molar-refractivity contribution is -0.114. The average Bonchev–Trinajstić information content (AvgIpc) is 2.53. The van der Waals surface area contributed by atoms with Gasteiger partial charge in [-0.15, -0.1) is 0 Å². The summed E-state index contributed by atoms with van der Waals surface area (Å²) in [6, 6.07) is 11.8. The molecule has 0 aromatic heterocycles. The lowest BCUT2D eigenvalue weighted by Gasteiger charge is -2.15. The largest absolute Gasteiger partial charge is 0.491 e. The molecule has 2 aromatic carbocycles. The normalized spacial score (nSPS) is 11.7. The van der Waals surface area contributed by atoms with Gasteiger partial charge in [0.15, 0.2) is 5.75 Å². The average molecular weight is 370 g/mol. The number of halogens is 2. The molecule has 0 spiro atoms. The molecule has 24 heavy (non-hydrogen) atoms. The van der Waals surface area contributed by atoms with Gasteiger partial charge in [-0.2, -0.15) is 0 Å². The van der Waals surface area contributed by atoms with Gasteiger partial charge in [0.1, 0.15) is 25.1 Å². The van der Waals surface area contributed by atoms with Crippen LogP contribution in [0.3, 0.4) is 0 Å². The molecule has 0 bridgehead atoms. The van der Waals surface area contributed by atoms with E-state index in [1.807, 2.05) is 0 Å². The molecule has 2 rings (SSSR count). The zero-order valence-corrected chi connectivity index (χ0v) is 14.5. The molecule has 2 N–H and O–H groups in total. The van der Waals surface area contributed by atoms with Gasteiger partial charge in [-0.25, -0.2) is 0 Å². The molecule has 7 heteroatoms. The van der Waals surface area contributed by atoms with Crippen LogP contribution in [-0.2, 0) is 4.79 Å². The quantitative estimate of drug-likeness (QED) is 0.779. The van der Waals surface area contributed by atoms with E-state index in [4.69, 9.17) is 32.7 Å². The first kappa shape index (κ1) is 18.4. The minimum Gasteiger partial charge on any atom is -0.491 e. The Bertz CT molecular complexity index is 671. The smallest absolute Gasteiger partial charge is 0.221 e. The summed E-state index contributed by atoms with van der Waals surface area (Å²) >= 11 is 12.0. The molecular formula is C17H17Cl2NO4. The Morgan fingerprint density at radius 2 is 1.67 bits per heavy atom. The number of anilines is 1. The van der Waals surface area contributed by atoms with E-state index in [2.05, 4.69) is 5.32 Å². The van der Waals surface area contributed by atoms with Gasteiger partial charge in [-0.3, -0.25) is 4.79 Å². The van der Waals surface area contributed by atoms with Gasteiger partial charge in [0.2, 0.25) is 5.91 Å².